The lowest BCUT2D eigenvalue weighted by Gasteiger charge is -1.99. The van der Waals surface area contributed by atoms with E-state index in [0.29, 0.717) is 0 Å². The SMILES string of the molecule is OCc1cccc(N=Cc2ccc(C=Nc3cccc(CO)c3)cc2)c1. The Bertz CT molecular complexity index is 839. The van der Waals surface area contributed by atoms with E-state index in [2.05, 4.69) is 9.98 Å². The minimum atomic E-state index is 0.0125. The summed E-state index contributed by atoms with van der Waals surface area (Å²) in [6.07, 6.45) is 3.59. The van der Waals surface area contributed by atoms with Crippen molar-refractivity contribution in [2.24, 2.45) is 9.98 Å². The third-order valence-electron chi connectivity index (χ3n) is 3.85. The lowest BCUT2D eigenvalue weighted by molar-refractivity contribution is 0.281. The Hall–Kier alpha value is -3.08. The molecular formula is C22H20N2O2. The molecule has 3 rings (SSSR count). The van der Waals surface area contributed by atoms with E-state index in [1.54, 1.807) is 12.4 Å². The van der Waals surface area contributed by atoms with Crippen molar-refractivity contribution < 1.29 is 10.2 Å². The molecule has 130 valence electrons. The van der Waals surface area contributed by atoms with Crippen LogP contribution in [-0.4, -0.2) is 22.6 Å². The second-order valence-corrected chi connectivity index (χ2v) is 5.84. The van der Waals surface area contributed by atoms with Crippen molar-refractivity contribution in [3.05, 3.63) is 95.1 Å². The van der Waals surface area contributed by atoms with E-state index in [4.69, 9.17) is 10.2 Å². The molecule has 0 radical (unpaired) electrons. The fraction of sp³-hybridized carbons (Fsp3) is 0.0909. The highest BCUT2D eigenvalue weighted by molar-refractivity contribution is 5.86. The summed E-state index contributed by atoms with van der Waals surface area (Å²) >= 11 is 0. The van der Waals surface area contributed by atoms with Gasteiger partial charge in [0.25, 0.3) is 0 Å². The van der Waals surface area contributed by atoms with E-state index in [1.807, 2.05) is 72.8 Å². The van der Waals surface area contributed by atoms with Crippen LogP contribution in [0, 0.1) is 0 Å². The number of aliphatic hydroxyl groups excluding tert-OH is 2. The van der Waals surface area contributed by atoms with E-state index >= 15 is 0 Å². The molecule has 0 aliphatic carbocycles. The summed E-state index contributed by atoms with van der Waals surface area (Å²) < 4.78 is 0. The molecule has 2 N–H and O–H groups in total. The number of aliphatic hydroxyl groups is 2. The van der Waals surface area contributed by atoms with Crippen LogP contribution in [0.5, 0.6) is 0 Å². The normalized spacial score (nSPS) is 11.5. The lowest BCUT2D eigenvalue weighted by Crippen LogP contribution is -1.85. The molecule has 3 aromatic rings. The van der Waals surface area contributed by atoms with Gasteiger partial charge in [-0.3, -0.25) is 9.98 Å². The van der Waals surface area contributed by atoms with Gasteiger partial charge in [-0.05, 0) is 46.5 Å². The van der Waals surface area contributed by atoms with Crippen LogP contribution in [0.15, 0.2) is 82.8 Å². The van der Waals surface area contributed by atoms with Gasteiger partial charge in [-0.2, -0.15) is 0 Å². The monoisotopic (exact) mass is 344 g/mol. The van der Waals surface area contributed by atoms with E-state index in [-0.39, 0.29) is 13.2 Å². The Balaban J connectivity index is 1.67. The van der Waals surface area contributed by atoms with Gasteiger partial charge in [-0.25, -0.2) is 0 Å². The molecule has 0 amide bonds. The van der Waals surface area contributed by atoms with Crippen molar-refractivity contribution in [2.45, 2.75) is 13.2 Å². The minimum Gasteiger partial charge on any atom is -0.392 e. The molecule has 0 fully saturated rings. The van der Waals surface area contributed by atoms with Crippen molar-refractivity contribution in [1.29, 1.82) is 0 Å². The molecule has 4 heteroatoms. The first-order valence-corrected chi connectivity index (χ1v) is 8.34. The molecule has 0 aliphatic heterocycles. The molecule has 0 saturated carbocycles. The summed E-state index contributed by atoms with van der Waals surface area (Å²) in [5, 5.41) is 18.3. The Morgan fingerprint density at radius 3 is 1.42 bits per heavy atom. The molecule has 3 aromatic carbocycles. The zero-order valence-corrected chi connectivity index (χ0v) is 14.3. The van der Waals surface area contributed by atoms with E-state index in [0.717, 1.165) is 33.6 Å². The first-order valence-electron chi connectivity index (χ1n) is 8.34. The Kier molecular flexibility index (Phi) is 6.04. The molecule has 4 nitrogen and oxygen atoms in total. The van der Waals surface area contributed by atoms with Gasteiger partial charge in [0.15, 0.2) is 0 Å². The maximum Gasteiger partial charge on any atom is 0.0682 e. The van der Waals surface area contributed by atoms with Gasteiger partial charge in [0, 0.05) is 12.4 Å². The number of aliphatic imine (C=N–C) groups is 2. The van der Waals surface area contributed by atoms with Crippen LogP contribution in [-0.2, 0) is 13.2 Å². The maximum atomic E-state index is 9.16. The quantitative estimate of drug-likeness (QED) is 0.659. The minimum absolute atomic E-state index is 0.0125. The van der Waals surface area contributed by atoms with Gasteiger partial charge in [-0.1, -0.05) is 48.5 Å². The molecule has 0 spiro atoms. The zero-order chi connectivity index (χ0) is 18.2. The van der Waals surface area contributed by atoms with Crippen molar-refractivity contribution in [3.63, 3.8) is 0 Å². The summed E-state index contributed by atoms with van der Waals surface area (Å²) in [4.78, 5) is 8.87. The van der Waals surface area contributed by atoms with Gasteiger partial charge >= 0.3 is 0 Å². The Morgan fingerprint density at radius 2 is 1.04 bits per heavy atom. The van der Waals surface area contributed by atoms with Crippen LogP contribution >= 0.6 is 0 Å². The number of rotatable bonds is 6. The number of nitrogens with zero attached hydrogens (tertiary/aromatic N) is 2. The van der Waals surface area contributed by atoms with Crippen molar-refractivity contribution in [1.82, 2.24) is 0 Å². The average Bonchev–Trinajstić information content (AvgIpc) is 2.72. The van der Waals surface area contributed by atoms with Crippen LogP contribution in [0.4, 0.5) is 11.4 Å². The van der Waals surface area contributed by atoms with E-state index in [1.165, 1.54) is 0 Å². The van der Waals surface area contributed by atoms with E-state index in [9.17, 15) is 0 Å². The topological polar surface area (TPSA) is 65.2 Å². The summed E-state index contributed by atoms with van der Waals surface area (Å²) in [6.45, 7) is 0.0250. The van der Waals surface area contributed by atoms with Gasteiger partial charge in [-0.15, -0.1) is 0 Å². The molecule has 0 aliphatic rings. The molecule has 0 aromatic heterocycles. The molecule has 0 heterocycles. The van der Waals surface area contributed by atoms with Gasteiger partial charge < -0.3 is 10.2 Å². The molecule has 0 unspecified atom stereocenters. The number of hydrogen-bond acceptors (Lipinski definition) is 4. The fourth-order valence-electron chi connectivity index (χ4n) is 2.44. The van der Waals surface area contributed by atoms with Gasteiger partial charge in [0.05, 0.1) is 24.6 Å². The predicted octanol–water partition coefficient (Wildman–Crippen LogP) is 4.17. The van der Waals surface area contributed by atoms with Crippen molar-refractivity contribution in [3.8, 4) is 0 Å². The first kappa shape index (κ1) is 17.7. The van der Waals surface area contributed by atoms with E-state index < -0.39 is 0 Å². The lowest BCUT2D eigenvalue weighted by atomic mass is 10.1. The fourth-order valence-corrected chi connectivity index (χ4v) is 2.44. The third-order valence-corrected chi connectivity index (χ3v) is 3.85. The smallest absolute Gasteiger partial charge is 0.0682 e. The van der Waals surface area contributed by atoms with Crippen LogP contribution in [0.2, 0.25) is 0 Å². The number of benzene rings is 3. The summed E-state index contributed by atoms with van der Waals surface area (Å²) in [5.41, 5.74) is 5.28. The number of hydrogen-bond donors (Lipinski definition) is 2. The average molecular weight is 344 g/mol. The third kappa shape index (κ3) is 4.96. The predicted molar refractivity (Wildman–Crippen MR) is 106 cm³/mol. The Morgan fingerprint density at radius 1 is 0.615 bits per heavy atom. The van der Waals surface area contributed by atoms with Crippen molar-refractivity contribution >= 4 is 23.8 Å². The van der Waals surface area contributed by atoms with Crippen LogP contribution in [0.25, 0.3) is 0 Å². The summed E-state index contributed by atoms with van der Waals surface area (Å²) in [6, 6.07) is 22.9. The van der Waals surface area contributed by atoms with Crippen LogP contribution in [0.3, 0.4) is 0 Å². The molecule has 26 heavy (non-hydrogen) atoms. The zero-order valence-electron chi connectivity index (χ0n) is 14.3. The molecule has 0 saturated heterocycles. The van der Waals surface area contributed by atoms with Crippen LogP contribution in [0.1, 0.15) is 22.3 Å². The molecule has 0 atom stereocenters. The maximum absolute atomic E-state index is 9.16. The summed E-state index contributed by atoms with van der Waals surface area (Å²) in [7, 11) is 0. The largest absolute Gasteiger partial charge is 0.392 e. The molecular weight excluding hydrogens is 324 g/mol. The van der Waals surface area contributed by atoms with Crippen molar-refractivity contribution in [2.75, 3.05) is 0 Å². The standard InChI is InChI=1S/C22H20N2O2/c25-15-19-3-1-5-21(11-19)23-13-17-7-9-18(10-8-17)14-24-22-6-2-4-20(12-22)16-26/h1-14,25-26H,15-16H2. The highest BCUT2D eigenvalue weighted by Gasteiger charge is 1.95. The van der Waals surface area contributed by atoms with Crippen LogP contribution < -0.4 is 0 Å². The first-order chi connectivity index (χ1) is 12.8. The second kappa shape index (κ2) is 8.85. The summed E-state index contributed by atoms with van der Waals surface area (Å²) in [5.74, 6) is 0. The van der Waals surface area contributed by atoms with Gasteiger partial charge in [0.2, 0.25) is 0 Å². The Labute approximate surface area is 152 Å². The highest BCUT2D eigenvalue weighted by Crippen LogP contribution is 2.15. The van der Waals surface area contributed by atoms with Gasteiger partial charge in [0.1, 0.15) is 0 Å². The second-order valence-electron chi connectivity index (χ2n) is 5.84. The highest BCUT2D eigenvalue weighted by atomic mass is 16.3. The molecule has 0 bridgehead atoms.